The highest BCUT2D eigenvalue weighted by Crippen LogP contribution is 2.43. The summed E-state index contributed by atoms with van der Waals surface area (Å²) < 4.78 is 7.63. The van der Waals surface area contributed by atoms with Crippen molar-refractivity contribution < 1.29 is 19.2 Å². The van der Waals surface area contributed by atoms with Gasteiger partial charge < -0.3 is 9.63 Å². The fraction of sp³-hybridized carbons (Fsp3) is 0.294. The molecule has 7 heteroatoms. The predicted octanol–water partition coefficient (Wildman–Crippen LogP) is 3.67. The Bertz CT molecular complexity index is 788. The molecule has 2 aromatic rings. The number of carbonyl (C=O) groups is 2. The minimum atomic E-state index is -1.48. The van der Waals surface area contributed by atoms with Crippen LogP contribution in [0.15, 0.2) is 36.9 Å². The van der Waals surface area contributed by atoms with Crippen molar-refractivity contribution in [3.63, 3.8) is 0 Å². The van der Waals surface area contributed by atoms with Gasteiger partial charge in [-0.25, -0.2) is 4.79 Å². The van der Waals surface area contributed by atoms with Crippen LogP contribution in [0.2, 0.25) is 0 Å². The zero-order valence-electron chi connectivity index (χ0n) is 13.1. The van der Waals surface area contributed by atoms with E-state index in [4.69, 9.17) is 4.74 Å². The number of benzene rings is 1. The number of carbonyl (C=O) groups excluding carboxylic acids is 2. The first kappa shape index (κ1) is 17.1. The molecule has 0 radical (unpaired) electrons. The Balaban J connectivity index is 1.74. The smallest absolute Gasteiger partial charge is 0.348 e. The summed E-state index contributed by atoms with van der Waals surface area (Å²) in [4.78, 5) is 34.5. The molecule has 1 aromatic carbocycles. The van der Waals surface area contributed by atoms with Crippen LogP contribution >= 0.6 is 19.6 Å². The summed E-state index contributed by atoms with van der Waals surface area (Å²) in [6, 6.07) is 7.64. The molecular formula is C17H18NO4PS. The van der Waals surface area contributed by atoms with Gasteiger partial charge in [-0.1, -0.05) is 18.7 Å². The van der Waals surface area contributed by atoms with Crippen LogP contribution in [0.4, 0.5) is 0 Å². The van der Waals surface area contributed by atoms with E-state index >= 15 is 0 Å². The molecule has 126 valence electrons. The van der Waals surface area contributed by atoms with E-state index in [1.54, 1.807) is 10.7 Å². The van der Waals surface area contributed by atoms with Crippen molar-refractivity contribution in [2.75, 3.05) is 13.2 Å². The highest BCUT2D eigenvalue weighted by Gasteiger charge is 2.27. The van der Waals surface area contributed by atoms with Gasteiger partial charge in [-0.2, -0.15) is 0 Å². The van der Waals surface area contributed by atoms with E-state index in [-0.39, 0.29) is 18.5 Å². The number of thiophene rings is 1. The summed E-state index contributed by atoms with van der Waals surface area (Å²) in [6.45, 7) is 4.35. The molecule has 2 heterocycles. The van der Waals surface area contributed by atoms with Gasteiger partial charge in [0.25, 0.3) is 0 Å². The average molecular weight is 363 g/mol. The maximum Gasteiger partial charge on any atom is 0.348 e. The Kier molecular flexibility index (Phi) is 5.29. The van der Waals surface area contributed by atoms with Gasteiger partial charge in [-0.3, -0.25) is 9.46 Å². The number of fused-ring (bicyclic) bond motifs is 1. The molecule has 1 saturated heterocycles. The molecule has 0 bridgehead atoms. The van der Waals surface area contributed by atoms with E-state index in [9.17, 15) is 14.5 Å². The molecule has 5 nitrogen and oxygen atoms in total. The summed E-state index contributed by atoms with van der Waals surface area (Å²) in [5.74, 6) is -0.322. The SMILES string of the molecule is C=CCOC(=O)c1cc2cc(CP(O)N3CCCC3=O)ccc2s1. The fourth-order valence-electron chi connectivity index (χ4n) is 2.62. The number of hydrogen-bond donors (Lipinski definition) is 1. The molecule has 1 fully saturated rings. The first-order chi connectivity index (χ1) is 11.6. The number of rotatable bonds is 6. The van der Waals surface area contributed by atoms with Crippen molar-refractivity contribution >= 4 is 41.6 Å². The van der Waals surface area contributed by atoms with Gasteiger partial charge in [-0.05, 0) is 35.6 Å². The van der Waals surface area contributed by atoms with Gasteiger partial charge in [0, 0.05) is 23.8 Å². The Morgan fingerprint density at radius 2 is 2.29 bits per heavy atom. The van der Waals surface area contributed by atoms with Crippen molar-refractivity contribution in [3.8, 4) is 0 Å². The topological polar surface area (TPSA) is 66.8 Å². The van der Waals surface area contributed by atoms with E-state index in [1.807, 2.05) is 18.2 Å². The summed E-state index contributed by atoms with van der Waals surface area (Å²) in [5.41, 5.74) is 0.958. The second kappa shape index (κ2) is 7.43. The molecule has 1 amide bonds. The van der Waals surface area contributed by atoms with Crippen LogP contribution < -0.4 is 0 Å². The van der Waals surface area contributed by atoms with Crippen LogP contribution in [0.25, 0.3) is 10.1 Å². The maximum absolute atomic E-state index is 11.9. The minimum Gasteiger partial charge on any atom is -0.457 e. The fourth-order valence-corrected chi connectivity index (χ4v) is 4.98. The van der Waals surface area contributed by atoms with Gasteiger partial charge in [-0.15, -0.1) is 11.3 Å². The average Bonchev–Trinajstić information content (AvgIpc) is 3.18. The van der Waals surface area contributed by atoms with E-state index in [0.717, 1.165) is 22.1 Å². The zero-order valence-corrected chi connectivity index (χ0v) is 14.8. The van der Waals surface area contributed by atoms with Crippen LogP contribution in [0, 0.1) is 0 Å². The number of ether oxygens (including phenoxy) is 1. The quantitative estimate of drug-likeness (QED) is 0.483. The molecular weight excluding hydrogens is 345 g/mol. The Morgan fingerprint density at radius 3 is 3.00 bits per heavy atom. The lowest BCUT2D eigenvalue weighted by molar-refractivity contribution is -0.123. The zero-order chi connectivity index (χ0) is 17.1. The molecule has 1 N–H and O–H groups in total. The standard InChI is InChI=1S/C17H18NO4PS/c1-2-8-22-17(20)15-10-13-9-12(5-6-14(13)24-15)11-23(21)18-7-3-4-16(18)19/h2,5-6,9-10,21H,1,3-4,7-8,11H2. The lowest BCUT2D eigenvalue weighted by atomic mass is 10.2. The van der Waals surface area contributed by atoms with Crippen molar-refractivity contribution in [3.05, 3.63) is 47.4 Å². The first-order valence-electron chi connectivity index (χ1n) is 7.65. The minimum absolute atomic E-state index is 0.0347. The predicted molar refractivity (Wildman–Crippen MR) is 96.1 cm³/mol. The van der Waals surface area contributed by atoms with Crippen molar-refractivity contribution in [1.29, 1.82) is 0 Å². The monoisotopic (exact) mass is 363 g/mol. The number of nitrogens with zero attached hydrogens (tertiary/aromatic N) is 1. The molecule has 0 aliphatic carbocycles. The van der Waals surface area contributed by atoms with Gasteiger partial charge >= 0.3 is 5.97 Å². The van der Waals surface area contributed by atoms with E-state index in [0.29, 0.717) is 24.0 Å². The molecule has 1 aromatic heterocycles. The van der Waals surface area contributed by atoms with Crippen molar-refractivity contribution in [2.45, 2.75) is 19.0 Å². The lowest BCUT2D eigenvalue weighted by Gasteiger charge is -2.21. The largest absolute Gasteiger partial charge is 0.457 e. The number of esters is 1. The summed E-state index contributed by atoms with van der Waals surface area (Å²) in [6.07, 6.45) is 3.33. The molecule has 1 aliphatic rings. The molecule has 0 saturated carbocycles. The Morgan fingerprint density at radius 1 is 1.46 bits per heavy atom. The van der Waals surface area contributed by atoms with Crippen LogP contribution in [0.1, 0.15) is 28.1 Å². The van der Waals surface area contributed by atoms with E-state index in [1.165, 1.54) is 17.4 Å². The number of amides is 1. The number of hydrogen-bond acceptors (Lipinski definition) is 5. The van der Waals surface area contributed by atoms with Gasteiger partial charge in [0.05, 0.1) is 0 Å². The summed E-state index contributed by atoms with van der Waals surface area (Å²) >= 11 is 1.38. The van der Waals surface area contributed by atoms with Gasteiger partial charge in [0.15, 0.2) is 0 Å². The first-order valence-corrected chi connectivity index (χ1v) is 9.90. The highest BCUT2D eigenvalue weighted by atomic mass is 32.1. The van der Waals surface area contributed by atoms with Crippen LogP contribution in [-0.4, -0.2) is 34.6 Å². The normalized spacial score (nSPS) is 15.7. The second-order valence-electron chi connectivity index (χ2n) is 5.52. The van der Waals surface area contributed by atoms with Crippen molar-refractivity contribution in [2.24, 2.45) is 0 Å². The van der Waals surface area contributed by atoms with Crippen LogP contribution in [0.3, 0.4) is 0 Å². The van der Waals surface area contributed by atoms with Crippen LogP contribution in [0.5, 0.6) is 0 Å². The lowest BCUT2D eigenvalue weighted by Crippen LogP contribution is -2.19. The second-order valence-corrected chi connectivity index (χ2v) is 8.15. The third-order valence-corrected chi connectivity index (χ3v) is 6.49. The highest BCUT2D eigenvalue weighted by molar-refractivity contribution is 7.48. The molecule has 1 atom stereocenters. The Hall–Kier alpha value is -1.75. The van der Waals surface area contributed by atoms with E-state index in [2.05, 4.69) is 6.58 Å². The molecule has 3 rings (SSSR count). The van der Waals surface area contributed by atoms with Gasteiger partial charge in [0.1, 0.15) is 19.8 Å². The third-order valence-electron chi connectivity index (χ3n) is 3.77. The summed E-state index contributed by atoms with van der Waals surface area (Å²) in [5, 5.41) is 0.944. The maximum atomic E-state index is 11.9. The van der Waals surface area contributed by atoms with Gasteiger partial charge in [0.2, 0.25) is 5.91 Å². The van der Waals surface area contributed by atoms with Crippen molar-refractivity contribution in [1.82, 2.24) is 4.67 Å². The Labute approximate surface area is 145 Å². The molecule has 24 heavy (non-hydrogen) atoms. The molecule has 0 spiro atoms. The third kappa shape index (κ3) is 3.66. The van der Waals surface area contributed by atoms with E-state index < -0.39 is 8.30 Å². The molecule has 1 unspecified atom stereocenters. The van der Waals surface area contributed by atoms with Crippen LogP contribution in [-0.2, 0) is 15.7 Å². The summed E-state index contributed by atoms with van der Waals surface area (Å²) in [7, 11) is -1.48. The molecule has 1 aliphatic heterocycles.